The summed E-state index contributed by atoms with van der Waals surface area (Å²) in [5, 5.41) is 18.8. The molecule has 0 saturated carbocycles. The van der Waals surface area contributed by atoms with Crippen LogP contribution in [0.2, 0.25) is 0 Å². The maximum Gasteiger partial charge on any atom is 0.321 e. The van der Waals surface area contributed by atoms with Crippen molar-refractivity contribution in [2.75, 3.05) is 23.7 Å². The minimum Gasteiger partial charge on any atom is -0.367 e. The van der Waals surface area contributed by atoms with Gasteiger partial charge in [-0.2, -0.15) is 5.10 Å². The van der Waals surface area contributed by atoms with E-state index in [4.69, 9.17) is 0 Å². The summed E-state index contributed by atoms with van der Waals surface area (Å²) in [5.41, 5.74) is 1.76. The summed E-state index contributed by atoms with van der Waals surface area (Å²) < 4.78 is 0. The van der Waals surface area contributed by atoms with E-state index in [2.05, 4.69) is 31.1 Å². The monoisotopic (exact) mass is 292 g/mol. The fraction of sp³-hybridized carbons (Fsp3) is 0.333. The van der Waals surface area contributed by atoms with Gasteiger partial charge in [0, 0.05) is 18.5 Å². The Morgan fingerprint density at radius 3 is 2.70 bits per heavy atom. The van der Waals surface area contributed by atoms with E-state index in [0.29, 0.717) is 24.0 Å². The smallest absolute Gasteiger partial charge is 0.321 e. The molecule has 2 rings (SSSR count). The molecule has 106 valence electrons. The first kappa shape index (κ1) is 14.2. The van der Waals surface area contributed by atoms with Crippen molar-refractivity contribution in [3.8, 4) is 0 Å². The van der Waals surface area contributed by atoms with Crippen LogP contribution in [0.4, 0.5) is 15.7 Å². The van der Waals surface area contributed by atoms with Crippen molar-refractivity contribution in [2.45, 2.75) is 13.8 Å². The normalized spacial score (nSPS) is 10.1. The topological polar surface area (TPSA) is 91.8 Å². The Bertz CT molecular complexity index is 568. The molecule has 8 heteroatoms. The lowest BCUT2D eigenvalue weighted by Gasteiger charge is -2.07. The van der Waals surface area contributed by atoms with E-state index in [1.54, 1.807) is 0 Å². The van der Waals surface area contributed by atoms with Gasteiger partial charge < -0.3 is 10.6 Å². The summed E-state index contributed by atoms with van der Waals surface area (Å²) in [6, 6.07) is 3.46. The molecule has 2 amide bonds. The van der Waals surface area contributed by atoms with Crippen LogP contribution in [0.1, 0.15) is 11.4 Å². The van der Waals surface area contributed by atoms with Crippen molar-refractivity contribution in [1.29, 1.82) is 0 Å². The minimum absolute atomic E-state index is 0.267. The predicted octanol–water partition coefficient (Wildman–Crippen LogP) is 1.78. The number of rotatable bonds is 5. The average molecular weight is 292 g/mol. The molecule has 2 aromatic rings. The van der Waals surface area contributed by atoms with Crippen molar-refractivity contribution >= 4 is 28.3 Å². The molecule has 0 atom stereocenters. The van der Waals surface area contributed by atoms with Gasteiger partial charge in [0.05, 0.1) is 11.4 Å². The van der Waals surface area contributed by atoms with Gasteiger partial charge in [0.1, 0.15) is 5.82 Å². The molecule has 0 aliphatic carbocycles. The summed E-state index contributed by atoms with van der Waals surface area (Å²) in [4.78, 5) is 15.7. The second-order valence-corrected chi connectivity index (χ2v) is 5.02. The number of hydrogen-bond donors (Lipinski definition) is 3. The highest BCUT2D eigenvalue weighted by Gasteiger charge is 2.03. The summed E-state index contributed by atoms with van der Waals surface area (Å²) >= 11 is 1.40. The molecule has 0 fully saturated rings. The van der Waals surface area contributed by atoms with E-state index in [-0.39, 0.29) is 6.03 Å². The van der Waals surface area contributed by atoms with Gasteiger partial charge in [-0.3, -0.25) is 5.32 Å². The van der Waals surface area contributed by atoms with E-state index >= 15 is 0 Å². The van der Waals surface area contributed by atoms with Gasteiger partial charge in [0.15, 0.2) is 5.13 Å². The first-order valence-electron chi connectivity index (χ1n) is 6.14. The number of anilines is 2. The zero-order chi connectivity index (χ0) is 14.4. The van der Waals surface area contributed by atoms with Crippen LogP contribution in [0.3, 0.4) is 0 Å². The first-order chi connectivity index (χ1) is 9.63. The number of carbonyl (C=O) groups excluding carboxylic acids is 1. The van der Waals surface area contributed by atoms with Gasteiger partial charge in [-0.15, -0.1) is 16.4 Å². The van der Waals surface area contributed by atoms with Gasteiger partial charge in [-0.25, -0.2) is 9.78 Å². The number of thiazole rings is 1. The molecule has 3 N–H and O–H groups in total. The van der Waals surface area contributed by atoms with Crippen LogP contribution in [-0.2, 0) is 0 Å². The number of amides is 2. The Hall–Kier alpha value is -2.22. The molecule has 0 aliphatic heterocycles. The predicted molar refractivity (Wildman–Crippen MR) is 79.1 cm³/mol. The fourth-order valence-corrected chi connectivity index (χ4v) is 2.10. The van der Waals surface area contributed by atoms with Crippen molar-refractivity contribution < 1.29 is 4.79 Å². The van der Waals surface area contributed by atoms with Crippen molar-refractivity contribution in [3.05, 3.63) is 28.9 Å². The molecule has 0 saturated heterocycles. The molecule has 0 unspecified atom stereocenters. The SMILES string of the molecule is Cc1ccc(NCCNC(=O)Nc2nc(C)cs2)nn1. The molecule has 2 aromatic heterocycles. The molecule has 0 aromatic carbocycles. The van der Waals surface area contributed by atoms with E-state index in [1.165, 1.54) is 11.3 Å². The third-order valence-electron chi connectivity index (χ3n) is 2.35. The van der Waals surface area contributed by atoms with Crippen molar-refractivity contribution in [1.82, 2.24) is 20.5 Å². The van der Waals surface area contributed by atoms with Gasteiger partial charge in [-0.05, 0) is 26.0 Å². The Kier molecular flexibility index (Phi) is 4.83. The minimum atomic E-state index is -0.267. The maximum atomic E-state index is 11.6. The summed E-state index contributed by atoms with van der Waals surface area (Å²) in [7, 11) is 0. The van der Waals surface area contributed by atoms with Crippen LogP contribution in [0.25, 0.3) is 0 Å². The van der Waals surface area contributed by atoms with Gasteiger partial charge in [0.2, 0.25) is 0 Å². The molecule has 0 radical (unpaired) electrons. The zero-order valence-corrected chi connectivity index (χ0v) is 12.1. The van der Waals surface area contributed by atoms with Gasteiger partial charge >= 0.3 is 6.03 Å². The molecule has 0 spiro atoms. The maximum absolute atomic E-state index is 11.6. The van der Waals surface area contributed by atoms with Crippen LogP contribution in [0, 0.1) is 13.8 Å². The Morgan fingerprint density at radius 2 is 2.05 bits per heavy atom. The van der Waals surface area contributed by atoms with Crippen LogP contribution in [0.15, 0.2) is 17.5 Å². The molecule has 0 aliphatic rings. The van der Waals surface area contributed by atoms with Crippen LogP contribution >= 0.6 is 11.3 Å². The molecule has 7 nitrogen and oxygen atoms in total. The molecule has 20 heavy (non-hydrogen) atoms. The lowest BCUT2D eigenvalue weighted by molar-refractivity contribution is 0.252. The fourth-order valence-electron chi connectivity index (χ4n) is 1.41. The van der Waals surface area contributed by atoms with Gasteiger partial charge in [-0.1, -0.05) is 0 Å². The largest absolute Gasteiger partial charge is 0.367 e. The van der Waals surface area contributed by atoms with E-state index in [1.807, 2.05) is 31.4 Å². The quantitative estimate of drug-likeness (QED) is 0.731. The highest BCUT2D eigenvalue weighted by atomic mass is 32.1. The highest BCUT2D eigenvalue weighted by molar-refractivity contribution is 7.13. The summed E-state index contributed by atoms with van der Waals surface area (Å²) in [6.45, 7) is 4.81. The lowest BCUT2D eigenvalue weighted by atomic mass is 10.4. The summed E-state index contributed by atoms with van der Waals surface area (Å²) in [5.74, 6) is 0.688. The third-order valence-corrected chi connectivity index (χ3v) is 3.23. The van der Waals surface area contributed by atoms with Crippen LogP contribution in [0.5, 0.6) is 0 Å². The molecular weight excluding hydrogens is 276 g/mol. The van der Waals surface area contributed by atoms with Crippen LogP contribution in [-0.4, -0.2) is 34.3 Å². The van der Waals surface area contributed by atoms with Gasteiger partial charge in [0.25, 0.3) is 0 Å². The highest BCUT2D eigenvalue weighted by Crippen LogP contribution is 2.13. The Morgan fingerprint density at radius 1 is 1.20 bits per heavy atom. The van der Waals surface area contributed by atoms with Crippen molar-refractivity contribution in [2.24, 2.45) is 0 Å². The number of urea groups is 1. The van der Waals surface area contributed by atoms with E-state index in [9.17, 15) is 4.79 Å². The number of carbonyl (C=O) groups is 1. The first-order valence-corrected chi connectivity index (χ1v) is 7.02. The standard InChI is InChI=1S/C12H16N6OS/c1-8-3-4-10(18-17-8)13-5-6-14-11(19)16-12-15-9(2)7-20-12/h3-4,7H,5-6H2,1-2H3,(H,13,18)(H2,14,15,16,19). The summed E-state index contributed by atoms with van der Waals surface area (Å²) in [6.07, 6.45) is 0. The Balaban J connectivity index is 1.65. The number of aromatic nitrogens is 3. The molecular formula is C12H16N6OS. The second-order valence-electron chi connectivity index (χ2n) is 4.16. The Labute approximate surface area is 120 Å². The number of nitrogens with zero attached hydrogens (tertiary/aromatic N) is 3. The molecule has 2 heterocycles. The number of aryl methyl sites for hydroxylation is 2. The average Bonchev–Trinajstić information content (AvgIpc) is 2.82. The zero-order valence-electron chi connectivity index (χ0n) is 11.3. The number of nitrogens with one attached hydrogen (secondary N) is 3. The third kappa shape index (κ3) is 4.47. The second kappa shape index (κ2) is 6.80. The van der Waals surface area contributed by atoms with Crippen molar-refractivity contribution in [3.63, 3.8) is 0 Å². The molecule has 0 bridgehead atoms. The lowest BCUT2D eigenvalue weighted by Crippen LogP contribution is -2.32. The van der Waals surface area contributed by atoms with E-state index < -0.39 is 0 Å². The number of hydrogen-bond acceptors (Lipinski definition) is 6. The van der Waals surface area contributed by atoms with Crippen LogP contribution < -0.4 is 16.0 Å². The van der Waals surface area contributed by atoms with E-state index in [0.717, 1.165) is 11.4 Å².